The van der Waals surface area contributed by atoms with Gasteiger partial charge in [0.1, 0.15) is 5.69 Å². The third kappa shape index (κ3) is 1.61. The number of rotatable bonds is 2. The van der Waals surface area contributed by atoms with Gasteiger partial charge in [-0.15, -0.1) is 0 Å². The molecule has 0 aromatic carbocycles. The molecule has 0 saturated carbocycles. The van der Waals surface area contributed by atoms with Crippen LogP contribution in [0.25, 0.3) is 0 Å². The van der Waals surface area contributed by atoms with Crippen molar-refractivity contribution in [2.45, 2.75) is 6.92 Å². The molecule has 0 aliphatic heterocycles. The standard InChI is InChI=1S/C9H13N3/c1-7-5-8(10-2)9(11-6-7)12(3)4/h5-6H,2H2,1,3-4H3. The van der Waals surface area contributed by atoms with Crippen molar-refractivity contribution in [1.29, 1.82) is 0 Å². The minimum Gasteiger partial charge on any atom is -0.361 e. The Hall–Kier alpha value is -1.38. The Kier molecular flexibility index (Phi) is 2.43. The van der Waals surface area contributed by atoms with E-state index in [1.165, 1.54) is 0 Å². The Balaban J connectivity index is 3.20. The van der Waals surface area contributed by atoms with Crippen molar-refractivity contribution in [1.82, 2.24) is 4.98 Å². The lowest BCUT2D eigenvalue weighted by Crippen LogP contribution is -2.10. The molecule has 3 heteroatoms. The summed E-state index contributed by atoms with van der Waals surface area (Å²) in [5, 5.41) is 0. The van der Waals surface area contributed by atoms with Crippen LogP contribution in [-0.4, -0.2) is 25.8 Å². The maximum absolute atomic E-state index is 4.24. The molecule has 1 heterocycles. The van der Waals surface area contributed by atoms with Gasteiger partial charge in [0, 0.05) is 20.3 Å². The van der Waals surface area contributed by atoms with E-state index in [-0.39, 0.29) is 0 Å². The maximum Gasteiger partial charge on any atom is 0.153 e. The van der Waals surface area contributed by atoms with Crippen LogP contribution in [0.15, 0.2) is 17.3 Å². The van der Waals surface area contributed by atoms with E-state index in [0.29, 0.717) is 0 Å². The van der Waals surface area contributed by atoms with Crippen molar-refractivity contribution in [2.24, 2.45) is 4.99 Å². The molecule has 0 saturated heterocycles. The van der Waals surface area contributed by atoms with E-state index in [4.69, 9.17) is 0 Å². The second-order valence-electron chi connectivity index (χ2n) is 2.91. The molecule has 0 aliphatic carbocycles. The SMILES string of the molecule is C=Nc1cc(C)cnc1N(C)C. The van der Waals surface area contributed by atoms with E-state index < -0.39 is 0 Å². The summed E-state index contributed by atoms with van der Waals surface area (Å²) in [6, 6.07) is 1.97. The molecule has 0 amide bonds. The van der Waals surface area contributed by atoms with Crippen molar-refractivity contribution in [3.05, 3.63) is 17.8 Å². The smallest absolute Gasteiger partial charge is 0.153 e. The Morgan fingerprint density at radius 1 is 1.50 bits per heavy atom. The largest absolute Gasteiger partial charge is 0.361 e. The highest BCUT2D eigenvalue weighted by Crippen LogP contribution is 2.24. The van der Waals surface area contributed by atoms with Gasteiger partial charge in [-0.25, -0.2) is 4.98 Å². The molecule has 64 valence electrons. The van der Waals surface area contributed by atoms with Gasteiger partial charge in [-0.05, 0) is 25.3 Å². The Morgan fingerprint density at radius 3 is 2.67 bits per heavy atom. The minimum atomic E-state index is 0.833. The normalized spacial score (nSPS) is 9.58. The molecule has 1 rings (SSSR count). The summed E-state index contributed by atoms with van der Waals surface area (Å²) in [7, 11) is 3.87. The second kappa shape index (κ2) is 3.34. The number of aliphatic imine (C=N–C) groups is 1. The Morgan fingerprint density at radius 2 is 2.17 bits per heavy atom. The van der Waals surface area contributed by atoms with Crippen LogP contribution < -0.4 is 4.90 Å². The van der Waals surface area contributed by atoms with Crippen LogP contribution in [0.5, 0.6) is 0 Å². The fraction of sp³-hybridized carbons (Fsp3) is 0.333. The molecule has 12 heavy (non-hydrogen) atoms. The molecule has 1 aromatic heterocycles. The quantitative estimate of drug-likeness (QED) is 0.622. The summed E-state index contributed by atoms with van der Waals surface area (Å²) in [6.07, 6.45) is 1.82. The van der Waals surface area contributed by atoms with Gasteiger partial charge < -0.3 is 4.90 Å². The van der Waals surface area contributed by atoms with Crippen molar-refractivity contribution in [2.75, 3.05) is 19.0 Å². The van der Waals surface area contributed by atoms with Gasteiger partial charge in [0.15, 0.2) is 5.82 Å². The average Bonchev–Trinajstić information content (AvgIpc) is 2.03. The van der Waals surface area contributed by atoms with Crippen LogP contribution >= 0.6 is 0 Å². The predicted molar refractivity (Wildman–Crippen MR) is 52.5 cm³/mol. The number of nitrogens with zero attached hydrogens (tertiary/aromatic N) is 3. The van der Waals surface area contributed by atoms with Crippen molar-refractivity contribution in [3.8, 4) is 0 Å². The van der Waals surface area contributed by atoms with E-state index in [1.54, 1.807) is 0 Å². The molecule has 1 aromatic rings. The van der Waals surface area contributed by atoms with Crippen LogP contribution in [0.3, 0.4) is 0 Å². The van der Waals surface area contributed by atoms with E-state index >= 15 is 0 Å². The molecule has 0 radical (unpaired) electrons. The zero-order chi connectivity index (χ0) is 9.14. The van der Waals surface area contributed by atoms with Crippen molar-refractivity contribution < 1.29 is 0 Å². The van der Waals surface area contributed by atoms with Crippen LogP contribution in [0, 0.1) is 6.92 Å². The number of anilines is 1. The lowest BCUT2D eigenvalue weighted by atomic mass is 10.3. The lowest BCUT2D eigenvalue weighted by Gasteiger charge is -2.13. The molecule has 0 fully saturated rings. The fourth-order valence-corrected chi connectivity index (χ4v) is 1.01. The number of pyridine rings is 1. The topological polar surface area (TPSA) is 28.5 Å². The highest BCUT2D eigenvalue weighted by atomic mass is 15.1. The summed E-state index contributed by atoms with van der Waals surface area (Å²) in [5.41, 5.74) is 1.93. The van der Waals surface area contributed by atoms with Gasteiger partial charge in [0.2, 0.25) is 0 Å². The summed E-state index contributed by atoms with van der Waals surface area (Å²) < 4.78 is 0. The minimum absolute atomic E-state index is 0.833. The zero-order valence-electron chi connectivity index (χ0n) is 7.70. The fourth-order valence-electron chi connectivity index (χ4n) is 1.01. The molecule has 3 nitrogen and oxygen atoms in total. The van der Waals surface area contributed by atoms with Crippen molar-refractivity contribution >= 4 is 18.2 Å². The average molecular weight is 163 g/mol. The first kappa shape index (κ1) is 8.71. The van der Waals surface area contributed by atoms with Gasteiger partial charge in [-0.1, -0.05) is 0 Å². The Bertz CT molecular complexity index is 292. The van der Waals surface area contributed by atoms with Crippen LogP contribution in [0.2, 0.25) is 0 Å². The molecular formula is C9H13N3. The van der Waals surface area contributed by atoms with E-state index in [2.05, 4.69) is 16.7 Å². The lowest BCUT2D eigenvalue weighted by molar-refractivity contribution is 1.06. The predicted octanol–water partition coefficient (Wildman–Crippen LogP) is 1.79. The van der Waals surface area contributed by atoms with Crippen molar-refractivity contribution in [3.63, 3.8) is 0 Å². The van der Waals surface area contributed by atoms with Crippen LogP contribution in [0.4, 0.5) is 11.5 Å². The van der Waals surface area contributed by atoms with Crippen LogP contribution in [0.1, 0.15) is 5.56 Å². The molecule has 0 spiro atoms. The number of aromatic nitrogens is 1. The second-order valence-corrected chi connectivity index (χ2v) is 2.91. The summed E-state index contributed by atoms with van der Waals surface area (Å²) in [5.74, 6) is 0.857. The Labute approximate surface area is 72.8 Å². The van der Waals surface area contributed by atoms with Gasteiger partial charge in [0.25, 0.3) is 0 Å². The number of aryl methyl sites for hydroxylation is 1. The number of hydrogen-bond donors (Lipinski definition) is 0. The van der Waals surface area contributed by atoms with Gasteiger partial charge >= 0.3 is 0 Å². The zero-order valence-corrected chi connectivity index (χ0v) is 7.70. The number of hydrogen-bond acceptors (Lipinski definition) is 3. The monoisotopic (exact) mass is 163 g/mol. The third-order valence-corrected chi connectivity index (χ3v) is 1.58. The van der Waals surface area contributed by atoms with Gasteiger partial charge in [0.05, 0.1) is 0 Å². The first-order valence-corrected chi connectivity index (χ1v) is 3.76. The van der Waals surface area contributed by atoms with Gasteiger partial charge in [-0.3, -0.25) is 4.99 Å². The summed E-state index contributed by atoms with van der Waals surface area (Å²) in [4.78, 5) is 10.1. The third-order valence-electron chi connectivity index (χ3n) is 1.58. The van der Waals surface area contributed by atoms with E-state index in [1.807, 2.05) is 38.2 Å². The maximum atomic E-state index is 4.24. The van der Waals surface area contributed by atoms with Gasteiger partial charge in [-0.2, -0.15) is 0 Å². The van der Waals surface area contributed by atoms with E-state index in [0.717, 1.165) is 17.1 Å². The molecule has 0 bridgehead atoms. The first-order valence-electron chi connectivity index (χ1n) is 3.76. The molecule has 0 unspecified atom stereocenters. The summed E-state index contributed by atoms with van der Waals surface area (Å²) in [6.45, 7) is 5.49. The molecule has 0 atom stereocenters. The van der Waals surface area contributed by atoms with E-state index in [9.17, 15) is 0 Å². The van der Waals surface area contributed by atoms with Crippen LogP contribution in [-0.2, 0) is 0 Å². The summed E-state index contributed by atoms with van der Waals surface area (Å²) >= 11 is 0. The molecular weight excluding hydrogens is 150 g/mol. The highest BCUT2D eigenvalue weighted by Gasteiger charge is 2.03. The first-order chi connectivity index (χ1) is 5.65. The molecule has 0 N–H and O–H groups in total. The molecule has 0 aliphatic rings. The highest BCUT2D eigenvalue weighted by molar-refractivity contribution is 5.64.